The van der Waals surface area contributed by atoms with E-state index in [0.717, 1.165) is 5.69 Å². The van der Waals surface area contributed by atoms with Crippen LogP contribution in [0.3, 0.4) is 0 Å². The van der Waals surface area contributed by atoms with Gasteiger partial charge < -0.3 is 5.73 Å². The Morgan fingerprint density at radius 3 is 2.43 bits per heavy atom. The van der Waals surface area contributed by atoms with Crippen molar-refractivity contribution in [3.63, 3.8) is 0 Å². The summed E-state index contributed by atoms with van der Waals surface area (Å²) in [5.74, 6) is 0. The molecule has 0 amide bonds. The van der Waals surface area contributed by atoms with Crippen LogP contribution in [0.25, 0.3) is 0 Å². The fraction of sp³-hybridized carbons (Fsp3) is 0.625. The van der Waals surface area contributed by atoms with Crippen LogP contribution in [0.2, 0.25) is 0 Å². The molecule has 0 fully saturated rings. The second kappa shape index (κ2) is 3.96. The highest BCUT2D eigenvalue weighted by Crippen LogP contribution is 2.25. The molecule has 2 N–H and O–H groups in total. The number of hydrogen-bond donors (Lipinski definition) is 1. The zero-order valence-electron chi connectivity index (χ0n) is 8.39. The van der Waals surface area contributed by atoms with Crippen molar-refractivity contribution < 1.29 is 8.42 Å². The fourth-order valence-corrected chi connectivity index (χ4v) is 2.85. The van der Waals surface area contributed by atoms with Gasteiger partial charge in [0.15, 0.2) is 9.84 Å². The molecule has 1 rings (SSSR count). The number of thiazole rings is 1. The number of rotatable bonds is 3. The highest BCUT2D eigenvalue weighted by Gasteiger charge is 2.21. The Morgan fingerprint density at radius 2 is 2.07 bits per heavy atom. The third-order valence-corrected chi connectivity index (χ3v) is 4.70. The third-order valence-electron chi connectivity index (χ3n) is 2.00. The molecule has 0 aliphatic heterocycles. The Morgan fingerprint density at radius 1 is 1.50 bits per heavy atom. The molecule has 1 aromatic rings. The second-order valence-corrected chi connectivity index (χ2v) is 6.63. The van der Waals surface area contributed by atoms with Crippen LogP contribution in [0.5, 0.6) is 0 Å². The SMILES string of the molecule is CC(N)c1csc(C(C)S(C)(=O)=O)n1. The van der Waals surface area contributed by atoms with Gasteiger partial charge in [-0.15, -0.1) is 11.3 Å². The van der Waals surface area contributed by atoms with Gasteiger partial charge in [0.2, 0.25) is 0 Å². The van der Waals surface area contributed by atoms with E-state index in [2.05, 4.69) is 4.98 Å². The van der Waals surface area contributed by atoms with E-state index < -0.39 is 15.1 Å². The first-order valence-electron chi connectivity index (χ1n) is 4.22. The summed E-state index contributed by atoms with van der Waals surface area (Å²) in [7, 11) is -3.06. The monoisotopic (exact) mass is 234 g/mol. The number of sulfone groups is 1. The molecular weight excluding hydrogens is 220 g/mol. The lowest BCUT2D eigenvalue weighted by Gasteiger charge is -2.04. The molecule has 1 heterocycles. The smallest absolute Gasteiger partial charge is 0.156 e. The first kappa shape index (κ1) is 11.6. The van der Waals surface area contributed by atoms with Crippen molar-refractivity contribution in [1.29, 1.82) is 0 Å². The molecule has 1 aromatic heterocycles. The minimum absolute atomic E-state index is 0.147. The molecule has 4 nitrogen and oxygen atoms in total. The lowest BCUT2D eigenvalue weighted by molar-refractivity contribution is 0.591. The molecule has 0 bridgehead atoms. The van der Waals surface area contributed by atoms with Crippen LogP contribution >= 0.6 is 11.3 Å². The van der Waals surface area contributed by atoms with E-state index in [1.807, 2.05) is 12.3 Å². The summed E-state index contributed by atoms with van der Waals surface area (Å²) >= 11 is 1.34. The zero-order chi connectivity index (χ0) is 10.9. The highest BCUT2D eigenvalue weighted by atomic mass is 32.2. The van der Waals surface area contributed by atoms with Crippen molar-refractivity contribution in [2.45, 2.75) is 25.1 Å². The van der Waals surface area contributed by atoms with Gasteiger partial charge in [-0.25, -0.2) is 13.4 Å². The molecule has 2 atom stereocenters. The van der Waals surface area contributed by atoms with Gasteiger partial charge in [0, 0.05) is 17.7 Å². The molecule has 0 aliphatic rings. The van der Waals surface area contributed by atoms with Crippen LogP contribution in [0.4, 0.5) is 0 Å². The van der Waals surface area contributed by atoms with Gasteiger partial charge in [0.25, 0.3) is 0 Å². The van der Waals surface area contributed by atoms with Crippen LogP contribution in [0.1, 0.15) is 35.8 Å². The van der Waals surface area contributed by atoms with Crippen LogP contribution in [-0.4, -0.2) is 19.7 Å². The Balaban J connectivity index is 2.98. The van der Waals surface area contributed by atoms with Crippen molar-refractivity contribution in [3.8, 4) is 0 Å². The third kappa shape index (κ3) is 2.52. The van der Waals surface area contributed by atoms with E-state index in [-0.39, 0.29) is 6.04 Å². The van der Waals surface area contributed by atoms with Gasteiger partial charge >= 0.3 is 0 Å². The van der Waals surface area contributed by atoms with E-state index in [0.29, 0.717) is 5.01 Å². The molecule has 14 heavy (non-hydrogen) atoms. The van der Waals surface area contributed by atoms with Crippen molar-refractivity contribution in [3.05, 3.63) is 16.1 Å². The first-order chi connectivity index (χ1) is 6.32. The summed E-state index contributed by atoms with van der Waals surface area (Å²) in [6.45, 7) is 3.46. The number of hydrogen-bond acceptors (Lipinski definition) is 5. The van der Waals surface area contributed by atoms with Gasteiger partial charge in [-0.1, -0.05) is 0 Å². The van der Waals surface area contributed by atoms with Crippen molar-refractivity contribution in [2.75, 3.05) is 6.26 Å². The lowest BCUT2D eigenvalue weighted by Crippen LogP contribution is -2.09. The van der Waals surface area contributed by atoms with Gasteiger partial charge in [-0.05, 0) is 13.8 Å². The first-order valence-corrected chi connectivity index (χ1v) is 7.05. The highest BCUT2D eigenvalue weighted by molar-refractivity contribution is 7.91. The van der Waals surface area contributed by atoms with Gasteiger partial charge in [-0.3, -0.25) is 0 Å². The molecule has 0 aliphatic carbocycles. The maximum Gasteiger partial charge on any atom is 0.156 e. The van der Waals surface area contributed by atoms with E-state index in [1.54, 1.807) is 6.92 Å². The predicted molar refractivity (Wildman–Crippen MR) is 58.0 cm³/mol. The van der Waals surface area contributed by atoms with Crippen LogP contribution < -0.4 is 5.73 Å². The topological polar surface area (TPSA) is 73.1 Å². The van der Waals surface area contributed by atoms with Gasteiger partial charge in [0.05, 0.1) is 5.69 Å². The molecule has 0 spiro atoms. The summed E-state index contributed by atoms with van der Waals surface area (Å²) in [4.78, 5) is 4.19. The summed E-state index contributed by atoms with van der Waals surface area (Å²) in [6.07, 6.45) is 1.21. The average molecular weight is 234 g/mol. The number of nitrogens with zero attached hydrogens (tertiary/aromatic N) is 1. The molecule has 0 saturated carbocycles. The minimum Gasteiger partial charge on any atom is -0.323 e. The van der Waals surface area contributed by atoms with Crippen molar-refractivity contribution >= 4 is 21.2 Å². The van der Waals surface area contributed by atoms with E-state index in [9.17, 15) is 8.42 Å². The minimum atomic E-state index is -3.06. The maximum absolute atomic E-state index is 11.2. The lowest BCUT2D eigenvalue weighted by atomic mass is 10.3. The standard InChI is InChI=1S/C8H14N2O2S2/c1-5(9)7-4-13-8(10-7)6(2)14(3,11)12/h4-6H,9H2,1-3H3. The average Bonchev–Trinajstić information content (AvgIpc) is 2.48. The van der Waals surface area contributed by atoms with Crippen LogP contribution in [-0.2, 0) is 9.84 Å². The van der Waals surface area contributed by atoms with Gasteiger partial charge in [-0.2, -0.15) is 0 Å². The Labute approximate surface area is 88.1 Å². The molecule has 0 radical (unpaired) electrons. The molecule has 80 valence electrons. The molecule has 6 heteroatoms. The molecular formula is C8H14N2O2S2. The molecule has 2 unspecified atom stereocenters. The quantitative estimate of drug-likeness (QED) is 0.854. The van der Waals surface area contributed by atoms with E-state index in [1.165, 1.54) is 17.6 Å². The molecule has 0 aromatic carbocycles. The molecule has 0 saturated heterocycles. The second-order valence-electron chi connectivity index (χ2n) is 3.37. The fourth-order valence-electron chi connectivity index (χ4n) is 0.880. The maximum atomic E-state index is 11.2. The van der Waals surface area contributed by atoms with Crippen LogP contribution in [0, 0.1) is 0 Å². The zero-order valence-corrected chi connectivity index (χ0v) is 10.0. The number of nitrogens with two attached hydrogens (primary N) is 1. The Bertz CT molecular complexity index is 409. The van der Waals surface area contributed by atoms with Crippen LogP contribution in [0.15, 0.2) is 5.38 Å². The number of aromatic nitrogens is 1. The normalized spacial score (nSPS) is 16.6. The largest absolute Gasteiger partial charge is 0.323 e. The summed E-state index contributed by atoms with van der Waals surface area (Å²) < 4.78 is 22.5. The summed E-state index contributed by atoms with van der Waals surface area (Å²) in [6, 6.07) is -0.147. The van der Waals surface area contributed by atoms with Gasteiger partial charge in [0.1, 0.15) is 10.3 Å². The van der Waals surface area contributed by atoms with Crippen molar-refractivity contribution in [2.24, 2.45) is 5.73 Å². The van der Waals surface area contributed by atoms with E-state index >= 15 is 0 Å². The van der Waals surface area contributed by atoms with E-state index in [4.69, 9.17) is 5.73 Å². The Kier molecular flexibility index (Phi) is 3.28. The Hall–Kier alpha value is -0.460. The summed E-state index contributed by atoms with van der Waals surface area (Å²) in [5.41, 5.74) is 6.38. The summed E-state index contributed by atoms with van der Waals surface area (Å²) in [5, 5.41) is 1.88. The van der Waals surface area contributed by atoms with Crippen molar-refractivity contribution in [1.82, 2.24) is 4.98 Å². The predicted octanol–water partition coefficient (Wildman–Crippen LogP) is 1.27.